The van der Waals surface area contributed by atoms with Crippen molar-refractivity contribution in [3.63, 3.8) is 0 Å². The molecule has 1 aliphatic rings. The van der Waals surface area contributed by atoms with E-state index in [4.69, 9.17) is 14.6 Å². The second-order valence-corrected chi connectivity index (χ2v) is 6.03. The summed E-state index contributed by atoms with van der Waals surface area (Å²) >= 11 is 0. The Morgan fingerprint density at radius 1 is 1.00 bits per heavy atom. The Kier molecular flexibility index (Phi) is 4.53. The van der Waals surface area contributed by atoms with E-state index in [2.05, 4.69) is 0 Å². The van der Waals surface area contributed by atoms with Crippen molar-refractivity contribution < 1.29 is 33.8 Å². The highest BCUT2D eigenvalue weighted by Gasteiger charge is 2.37. The minimum absolute atomic E-state index is 0.0128. The third-order valence-corrected chi connectivity index (χ3v) is 4.45. The summed E-state index contributed by atoms with van der Waals surface area (Å²) in [4.78, 5) is 49.6. The molecule has 138 valence electrons. The van der Waals surface area contributed by atoms with Crippen LogP contribution in [-0.4, -0.2) is 42.6 Å². The molecule has 27 heavy (non-hydrogen) atoms. The number of carboxylic acids is 1. The topological polar surface area (TPSA) is 107 Å². The largest absolute Gasteiger partial charge is 0.496 e. The van der Waals surface area contributed by atoms with Crippen LogP contribution in [0.1, 0.15) is 54.7 Å². The normalized spacial score (nSPS) is 12.3. The zero-order chi connectivity index (χ0) is 19.9. The number of fused-ring (bicyclic) bond motifs is 2. The lowest BCUT2D eigenvalue weighted by atomic mass is 9.80. The number of carboxylic acid groups (broad SMARTS) is 1. The molecule has 0 atom stereocenters. The zero-order valence-electron chi connectivity index (χ0n) is 14.9. The van der Waals surface area contributed by atoms with Crippen LogP contribution in [0.15, 0.2) is 24.3 Å². The van der Waals surface area contributed by atoms with Crippen LogP contribution in [0.4, 0.5) is 0 Å². The predicted molar refractivity (Wildman–Crippen MR) is 94.2 cm³/mol. The number of rotatable bonds is 5. The third kappa shape index (κ3) is 2.77. The van der Waals surface area contributed by atoms with Gasteiger partial charge in [0.15, 0.2) is 11.6 Å². The summed E-state index contributed by atoms with van der Waals surface area (Å²) in [6.07, 6.45) is -0.481. The van der Waals surface area contributed by atoms with Crippen molar-refractivity contribution in [2.45, 2.75) is 13.3 Å². The van der Waals surface area contributed by atoms with Gasteiger partial charge >= 0.3 is 5.97 Å². The van der Waals surface area contributed by atoms with Gasteiger partial charge in [0.1, 0.15) is 11.5 Å². The fourth-order valence-electron chi connectivity index (χ4n) is 3.40. The molecule has 1 N–H and O–H groups in total. The van der Waals surface area contributed by atoms with Gasteiger partial charge in [0, 0.05) is 11.1 Å². The van der Waals surface area contributed by atoms with E-state index in [0.717, 1.165) is 0 Å². The average molecular weight is 368 g/mol. The highest BCUT2D eigenvalue weighted by atomic mass is 16.5. The fraction of sp³-hybridized carbons (Fsp3) is 0.200. The van der Waals surface area contributed by atoms with E-state index in [-0.39, 0.29) is 44.9 Å². The quantitative estimate of drug-likeness (QED) is 0.689. The number of Topliss-reactive ketones (excluding diaryl/α,β-unsaturated/α-hetero) is 1. The summed E-state index contributed by atoms with van der Waals surface area (Å²) < 4.78 is 10.5. The molecule has 0 unspecified atom stereocenters. The first-order chi connectivity index (χ1) is 12.8. The molecule has 0 saturated heterocycles. The molecule has 2 aromatic carbocycles. The van der Waals surface area contributed by atoms with E-state index in [1.807, 2.05) is 0 Å². The average Bonchev–Trinajstić information content (AvgIpc) is 2.63. The molecule has 0 radical (unpaired) electrons. The van der Waals surface area contributed by atoms with E-state index in [9.17, 15) is 19.2 Å². The fourth-order valence-corrected chi connectivity index (χ4v) is 3.40. The highest BCUT2D eigenvalue weighted by molar-refractivity contribution is 6.31. The second kappa shape index (κ2) is 6.68. The molecule has 0 aromatic heterocycles. The molecule has 0 spiro atoms. The van der Waals surface area contributed by atoms with Crippen LogP contribution >= 0.6 is 0 Å². The van der Waals surface area contributed by atoms with Crippen molar-refractivity contribution >= 4 is 23.3 Å². The Morgan fingerprint density at radius 3 is 2.26 bits per heavy atom. The van der Waals surface area contributed by atoms with Gasteiger partial charge in [-0.2, -0.15) is 0 Å². The maximum absolute atomic E-state index is 13.2. The zero-order valence-corrected chi connectivity index (χ0v) is 14.9. The molecule has 0 saturated carbocycles. The maximum Gasteiger partial charge on any atom is 0.307 e. The van der Waals surface area contributed by atoms with Crippen molar-refractivity contribution in [3.8, 4) is 11.5 Å². The lowest BCUT2D eigenvalue weighted by Crippen LogP contribution is -2.25. The number of ether oxygens (including phenoxy) is 2. The van der Waals surface area contributed by atoms with Gasteiger partial charge in [0.05, 0.1) is 37.3 Å². The highest BCUT2D eigenvalue weighted by Crippen LogP contribution is 2.40. The van der Waals surface area contributed by atoms with Gasteiger partial charge in [-0.05, 0) is 24.6 Å². The molecule has 0 heterocycles. The van der Waals surface area contributed by atoms with E-state index < -0.39 is 29.7 Å². The van der Waals surface area contributed by atoms with E-state index in [1.54, 1.807) is 12.1 Å². The predicted octanol–water partition coefficient (Wildman–Crippen LogP) is 2.31. The summed E-state index contributed by atoms with van der Waals surface area (Å²) in [5.41, 5.74) is 0.316. The Morgan fingerprint density at radius 2 is 1.70 bits per heavy atom. The number of methoxy groups -OCH3 is 2. The molecular formula is C20H16O7. The second-order valence-electron chi connectivity index (χ2n) is 6.03. The summed E-state index contributed by atoms with van der Waals surface area (Å²) in [5.74, 6) is -2.46. The lowest BCUT2D eigenvalue weighted by Gasteiger charge is -2.24. The molecule has 0 bridgehead atoms. The number of hydrogen-bond donors (Lipinski definition) is 1. The summed E-state index contributed by atoms with van der Waals surface area (Å²) in [6, 6.07) is 5.95. The van der Waals surface area contributed by atoms with Gasteiger partial charge in [-0.25, -0.2) is 0 Å². The maximum atomic E-state index is 13.2. The summed E-state index contributed by atoms with van der Waals surface area (Å²) in [7, 11) is 2.65. The number of ketones is 3. The minimum atomic E-state index is -1.17. The summed E-state index contributed by atoms with van der Waals surface area (Å²) in [5, 5.41) is 9.16. The van der Waals surface area contributed by atoms with Crippen molar-refractivity contribution in [2.24, 2.45) is 0 Å². The molecule has 0 fully saturated rings. The van der Waals surface area contributed by atoms with Crippen molar-refractivity contribution in [2.75, 3.05) is 14.2 Å². The Balaban J connectivity index is 2.40. The van der Waals surface area contributed by atoms with Crippen LogP contribution in [0.2, 0.25) is 0 Å². The number of carbonyl (C=O) groups is 4. The van der Waals surface area contributed by atoms with Crippen molar-refractivity contribution in [1.29, 1.82) is 0 Å². The molecule has 0 amide bonds. The Bertz CT molecular complexity index is 1020. The van der Waals surface area contributed by atoms with Crippen LogP contribution in [0.3, 0.4) is 0 Å². The Labute approximate surface area is 154 Å². The molecule has 7 nitrogen and oxygen atoms in total. The molecule has 1 aliphatic carbocycles. The van der Waals surface area contributed by atoms with Crippen LogP contribution < -0.4 is 9.47 Å². The van der Waals surface area contributed by atoms with Gasteiger partial charge in [0.25, 0.3) is 0 Å². The van der Waals surface area contributed by atoms with E-state index in [0.29, 0.717) is 0 Å². The molecule has 3 rings (SSSR count). The number of carbonyl (C=O) groups excluding carboxylic acids is 3. The Hall–Kier alpha value is -3.48. The smallest absolute Gasteiger partial charge is 0.307 e. The molecule has 7 heteroatoms. The number of aliphatic carboxylic acids is 1. The van der Waals surface area contributed by atoms with Crippen LogP contribution in [0.25, 0.3) is 0 Å². The molecule has 0 aliphatic heterocycles. The van der Waals surface area contributed by atoms with Gasteiger partial charge in [0.2, 0.25) is 5.78 Å². The summed E-state index contributed by atoms with van der Waals surface area (Å²) in [6.45, 7) is 1.25. The molecular weight excluding hydrogens is 352 g/mol. The van der Waals surface area contributed by atoms with Crippen LogP contribution in [-0.2, 0) is 11.2 Å². The SMILES string of the molecule is COc1cccc2c1C(=O)c1c(cc(CC(=O)O)c(C(C)=O)c1OC)C2=O. The lowest BCUT2D eigenvalue weighted by molar-refractivity contribution is -0.136. The first-order valence-electron chi connectivity index (χ1n) is 8.04. The first kappa shape index (κ1) is 18.3. The van der Waals surface area contributed by atoms with E-state index >= 15 is 0 Å². The van der Waals surface area contributed by atoms with Gasteiger partial charge < -0.3 is 14.6 Å². The standard InChI is InChI=1S/C20H16O7/c1-9(21)15-10(8-14(22)23)7-12-17(20(15)27-3)19(25)16-11(18(12)24)5-4-6-13(16)26-2/h4-7H,8H2,1-3H3,(H,22,23). The third-order valence-electron chi connectivity index (χ3n) is 4.45. The van der Waals surface area contributed by atoms with Gasteiger partial charge in [-0.3, -0.25) is 19.2 Å². The van der Waals surface area contributed by atoms with E-state index in [1.165, 1.54) is 33.3 Å². The number of benzene rings is 2. The first-order valence-corrected chi connectivity index (χ1v) is 8.04. The van der Waals surface area contributed by atoms with Crippen LogP contribution in [0, 0.1) is 0 Å². The van der Waals surface area contributed by atoms with Gasteiger partial charge in [-0.15, -0.1) is 0 Å². The van der Waals surface area contributed by atoms with Crippen molar-refractivity contribution in [3.05, 3.63) is 57.6 Å². The van der Waals surface area contributed by atoms with Gasteiger partial charge in [-0.1, -0.05) is 12.1 Å². The number of hydrogen-bond acceptors (Lipinski definition) is 6. The van der Waals surface area contributed by atoms with Crippen LogP contribution in [0.5, 0.6) is 11.5 Å². The van der Waals surface area contributed by atoms with Crippen molar-refractivity contribution in [1.82, 2.24) is 0 Å². The molecule has 2 aromatic rings. The minimum Gasteiger partial charge on any atom is -0.496 e. The monoisotopic (exact) mass is 368 g/mol.